The molecule has 1 atom stereocenters. The summed E-state index contributed by atoms with van der Waals surface area (Å²) < 4.78 is 5.40. The Balaban J connectivity index is 1.82. The van der Waals surface area contributed by atoms with Crippen LogP contribution in [0.25, 0.3) is 0 Å². The number of nitrogens with zero attached hydrogens (tertiary/aromatic N) is 2. The number of urea groups is 1. The Morgan fingerprint density at radius 1 is 1.39 bits per heavy atom. The minimum Gasteiger partial charge on any atom is -0.444 e. The van der Waals surface area contributed by atoms with E-state index in [2.05, 4.69) is 15.6 Å². The van der Waals surface area contributed by atoms with Crippen LogP contribution < -0.4 is 10.6 Å². The van der Waals surface area contributed by atoms with Crippen LogP contribution in [-0.4, -0.2) is 46.7 Å². The molecule has 1 fully saturated rings. The van der Waals surface area contributed by atoms with Gasteiger partial charge in [0, 0.05) is 19.3 Å². The van der Waals surface area contributed by atoms with E-state index in [1.54, 1.807) is 29.3 Å². The Kier molecular flexibility index (Phi) is 5.41. The summed E-state index contributed by atoms with van der Waals surface area (Å²) in [6, 6.07) is 4.91. The molecule has 2 heterocycles. The quantitative estimate of drug-likeness (QED) is 0.896. The zero-order valence-electron chi connectivity index (χ0n) is 13.8. The molecule has 2 rings (SSSR count). The molecule has 2 N–H and O–H groups in total. The Morgan fingerprint density at radius 2 is 2.17 bits per heavy atom. The monoisotopic (exact) mass is 320 g/mol. The van der Waals surface area contributed by atoms with Crippen LogP contribution in [0.5, 0.6) is 0 Å². The molecule has 7 heteroatoms. The van der Waals surface area contributed by atoms with Crippen LogP contribution in [0.15, 0.2) is 24.4 Å². The maximum absolute atomic E-state index is 12.2. The predicted octanol–water partition coefficient (Wildman–Crippen LogP) is 2.60. The highest BCUT2D eigenvalue weighted by Crippen LogP contribution is 2.20. The Hall–Kier alpha value is -2.31. The second-order valence-corrected chi connectivity index (χ2v) is 6.52. The number of hydrogen-bond acceptors (Lipinski definition) is 4. The van der Waals surface area contributed by atoms with Crippen molar-refractivity contribution in [2.75, 3.05) is 18.4 Å². The molecule has 0 bridgehead atoms. The van der Waals surface area contributed by atoms with Crippen molar-refractivity contribution in [2.24, 2.45) is 0 Å². The average molecular weight is 320 g/mol. The number of anilines is 1. The topological polar surface area (TPSA) is 83.6 Å². The van der Waals surface area contributed by atoms with Gasteiger partial charge in [-0.3, -0.25) is 5.32 Å². The number of rotatable bonds is 3. The molecular weight excluding hydrogens is 296 g/mol. The number of pyridine rings is 1. The van der Waals surface area contributed by atoms with E-state index >= 15 is 0 Å². The highest BCUT2D eigenvalue weighted by atomic mass is 16.6. The standard InChI is InChI=1S/C16H24N4O3/c1-16(2,3)23-15(22)20-10-6-7-12(20)11-18-14(21)19-13-8-4-5-9-17-13/h4-5,8-9,12H,6-7,10-11H2,1-3H3,(H2,17,18,19,21). The number of amides is 3. The van der Waals surface area contributed by atoms with Gasteiger partial charge in [-0.1, -0.05) is 6.07 Å². The van der Waals surface area contributed by atoms with E-state index in [1.165, 1.54) is 0 Å². The third-order valence-electron chi connectivity index (χ3n) is 3.41. The van der Waals surface area contributed by atoms with Gasteiger partial charge >= 0.3 is 12.1 Å². The normalized spacial score (nSPS) is 17.7. The van der Waals surface area contributed by atoms with Gasteiger partial charge in [0.15, 0.2) is 0 Å². The van der Waals surface area contributed by atoms with Crippen molar-refractivity contribution in [3.63, 3.8) is 0 Å². The SMILES string of the molecule is CC(C)(C)OC(=O)N1CCCC1CNC(=O)Nc1ccccn1. The molecule has 0 spiro atoms. The Morgan fingerprint density at radius 3 is 2.83 bits per heavy atom. The van der Waals surface area contributed by atoms with Gasteiger partial charge in [-0.25, -0.2) is 14.6 Å². The third-order valence-corrected chi connectivity index (χ3v) is 3.41. The lowest BCUT2D eigenvalue weighted by molar-refractivity contribution is 0.0228. The first-order chi connectivity index (χ1) is 10.8. The van der Waals surface area contributed by atoms with Gasteiger partial charge in [0.25, 0.3) is 0 Å². The first-order valence-electron chi connectivity index (χ1n) is 7.81. The van der Waals surface area contributed by atoms with Crippen LogP contribution in [0, 0.1) is 0 Å². The lowest BCUT2D eigenvalue weighted by atomic mass is 10.2. The van der Waals surface area contributed by atoms with Crippen molar-refractivity contribution in [1.82, 2.24) is 15.2 Å². The summed E-state index contributed by atoms with van der Waals surface area (Å²) >= 11 is 0. The lowest BCUT2D eigenvalue weighted by Crippen LogP contribution is -2.45. The number of aromatic nitrogens is 1. The van der Waals surface area contributed by atoms with E-state index in [0.29, 0.717) is 18.9 Å². The van der Waals surface area contributed by atoms with Crippen LogP contribution >= 0.6 is 0 Å². The molecule has 7 nitrogen and oxygen atoms in total. The molecule has 1 aromatic rings. The van der Waals surface area contributed by atoms with Crippen molar-refractivity contribution in [2.45, 2.75) is 45.3 Å². The van der Waals surface area contributed by atoms with Crippen LogP contribution in [-0.2, 0) is 4.74 Å². The van der Waals surface area contributed by atoms with E-state index in [-0.39, 0.29) is 18.2 Å². The van der Waals surface area contributed by atoms with E-state index in [4.69, 9.17) is 4.74 Å². The molecule has 0 aromatic carbocycles. The Bertz CT molecular complexity index is 542. The van der Waals surface area contributed by atoms with Gasteiger partial charge < -0.3 is 15.0 Å². The summed E-state index contributed by atoms with van der Waals surface area (Å²) in [5, 5.41) is 5.43. The van der Waals surface area contributed by atoms with Crippen molar-refractivity contribution in [3.8, 4) is 0 Å². The fraction of sp³-hybridized carbons (Fsp3) is 0.562. The number of ether oxygens (including phenoxy) is 1. The third kappa shape index (κ3) is 5.43. The van der Waals surface area contributed by atoms with Crippen molar-refractivity contribution >= 4 is 17.9 Å². The van der Waals surface area contributed by atoms with Crippen LogP contribution in [0.1, 0.15) is 33.6 Å². The zero-order valence-corrected chi connectivity index (χ0v) is 13.8. The molecular formula is C16H24N4O3. The summed E-state index contributed by atoms with van der Waals surface area (Å²) in [6.07, 6.45) is 3.04. The number of likely N-dealkylation sites (tertiary alicyclic amines) is 1. The van der Waals surface area contributed by atoms with Gasteiger partial charge in [0.05, 0.1) is 6.04 Å². The lowest BCUT2D eigenvalue weighted by Gasteiger charge is -2.28. The molecule has 23 heavy (non-hydrogen) atoms. The number of carbonyl (C=O) groups is 2. The van der Waals surface area contributed by atoms with Gasteiger partial charge in [0.1, 0.15) is 11.4 Å². The van der Waals surface area contributed by atoms with Crippen LogP contribution in [0.2, 0.25) is 0 Å². The molecule has 1 aromatic heterocycles. The van der Waals surface area contributed by atoms with Gasteiger partial charge in [-0.05, 0) is 45.7 Å². The molecule has 1 aliphatic heterocycles. The van der Waals surface area contributed by atoms with E-state index in [9.17, 15) is 9.59 Å². The molecule has 1 saturated heterocycles. The summed E-state index contributed by atoms with van der Waals surface area (Å²) in [4.78, 5) is 29.8. The van der Waals surface area contributed by atoms with Gasteiger partial charge in [-0.2, -0.15) is 0 Å². The summed E-state index contributed by atoms with van der Waals surface area (Å²) in [7, 11) is 0. The number of hydrogen-bond donors (Lipinski definition) is 2. The van der Waals surface area contributed by atoms with E-state index in [1.807, 2.05) is 20.8 Å². The summed E-state index contributed by atoms with van der Waals surface area (Å²) in [5.74, 6) is 0.487. The molecule has 0 saturated carbocycles. The highest BCUT2D eigenvalue weighted by Gasteiger charge is 2.32. The minimum absolute atomic E-state index is 0.0423. The molecule has 126 valence electrons. The maximum atomic E-state index is 12.2. The van der Waals surface area contributed by atoms with Crippen molar-refractivity contribution in [3.05, 3.63) is 24.4 Å². The predicted molar refractivity (Wildman–Crippen MR) is 87.2 cm³/mol. The average Bonchev–Trinajstić information content (AvgIpc) is 2.93. The van der Waals surface area contributed by atoms with Crippen molar-refractivity contribution < 1.29 is 14.3 Å². The van der Waals surface area contributed by atoms with Gasteiger partial charge in [0.2, 0.25) is 0 Å². The number of carbonyl (C=O) groups excluding carboxylic acids is 2. The van der Waals surface area contributed by atoms with Crippen LogP contribution in [0.3, 0.4) is 0 Å². The molecule has 1 unspecified atom stereocenters. The first-order valence-corrected chi connectivity index (χ1v) is 7.81. The van der Waals surface area contributed by atoms with Crippen LogP contribution in [0.4, 0.5) is 15.4 Å². The summed E-state index contributed by atoms with van der Waals surface area (Å²) in [5.41, 5.74) is -0.520. The largest absolute Gasteiger partial charge is 0.444 e. The second kappa shape index (κ2) is 7.30. The maximum Gasteiger partial charge on any atom is 0.410 e. The van der Waals surface area contributed by atoms with Gasteiger partial charge in [-0.15, -0.1) is 0 Å². The minimum atomic E-state index is -0.520. The van der Waals surface area contributed by atoms with E-state index in [0.717, 1.165) is 12.8 Å². The van der Waals surface area contributed by atoms with Crippen molar-refractivity contribution in [1.29, 1.82) is 0 Å². The smallest absolute Gasteiger partial charge is 0.410 e. The fourth-order valence-electron chi connectivity index (χ4n) is 2.42. The van der Waals surface area contributed by atoms with E-state index < -0.39 is 5.60 Å². The Labute approximate surface area is 136 Å². The molecule has 3 amide bonds. The number of nitrogens with one attached hydrogen (secondary N) is 2. The zero-order chi connectivity index (χ0) is 16.9. The fourth-order valence-corrected chi connectivity index (χ4v) is 2.42. The molecule has 0 aliphatic carbocycles. The second-order valence-electron chi connectivity index (χ2n) is 6.52. The summed E-state index contributed by atoms with van der Waals surface area (Å²) in [6.45, 7) is 6.57. The molecule has 0 radical (unpaired) electrons. The molecule has 1 aliphatic rings. The highest BCUT2D eigenvalue weighted by molar-refractivity contribution is 5.88. The first kappa shape index (κ1) is 17.1.